The Morgan fingerprint density at radius 3 is 2.80 bits per heavy atom. The maximum absolute atomic E-state index is 11.7. The lowest BCUT2D eigenvalue weighted by molar-refractivity contribution is -0.122. The summed E-state index contributed by atoms with van der Waals surface area (Å²) in [6, 6.07) is 2.93. The smallest absolute Gasteiger partial charge is 0.236 e. The van der Waals surface area contributed by atoms with Crippen LogP contribution in [0, 0.1) is 0 Å². The third-order valence-corrected chi connectivity index (χ3v) is 3.12. The number of phenols is 1. The Morgan fingerprint density at radius 1 is 1.40 bits per heavy atom. The molecule has 0 bridgehead atoms. The van der Waals surface area contributed by atoms with Gasteiger partial charge in [-0.15, -0.1) is 0 Å². The first-order chi connectivity index (χ1) is 9.61. The predicted octanol–water partition coefficient (Wildman–Crippen LogP) is 1.13. The molecule has 0 radical (unpaired) electrons. The number of carbonyl (C=O) groups excluding carboxylic acids is 1. The van der Waals surface area contributed by atoms with E-state index in [1.54, 1.807) is 13.0 Å². The van der Waals surface area contributed by atoms with E-state index in [4.69, 9.17) is 9.47 Å². The van der Waals surface area contributed by atoms with Crippen molar-refractivity contribution in [1.29, 1.82) is 0 Å². The highest BCUT2D eigenvalue weighted by atomic mass is 16.7. The second-order valence-corrected chi connectivity index (χ2v) is 4.73. The fourth-order valence-corrected chi connectivity index (χ4v) is 1.87. The van der Waals surface area contributed by atoms with Crippen LogP contribution in [-0.2, 0) is 11.3 Å². The molecular weight excluding hydrogens is 260 g/mol. The SMILES string of the molecule is CCCNC(=O)C(C)NCc1cc2c(cc1O)OCO2. The largest absolute Gasteiger partial charge is 0.507 e. The van der Waals surface area contributed by atoms with Gasteiger partial charge in [-0.3, -0.25) is 4.79 Å². The molecule has 110 valence electrons. The quantitative estimate of drug-likeness (QED) is 0.728. The normalized spacial score (nSPS) is 14.1. The van der Waals surface area contributed by atoms with E-state index < -0.39 is 0 Å². The van der Waals surface area contributed by atoms with E-state index in [1.165, 1.54) is 6.07 Å². The average molecular weight is 280 g/mol. The maximum atomic E-state index is 11.7. The molecule has 0 aromatic heterocycles. The van der Waals surface area contributed by atoms with E-state index in [2.05, 4.69) is 10.6 Å². The highest BCUT2D eigenvalue weighted by Gasteiger charge is 2.18. The predicted molar refractivity (Wildman–Crippen MR) is 73.8 cm³/mol. The number of aromatic hydroxyl groups is 1. The van der Waals surface area contributed by atoms with Crippen molar-refractivity contribution >= 4 is 5.91 Å². The number of fused-ring (bicyclic) bond motifs is 1. The number of phenolic OH excluding ortho intramolecular Hbond substituents is 1. The molecule has 1 aromatic rings. The molecule has 3 N–H and O–H groups in total. The summed E-state index contributed by atoms with van der Waals surface area (Å²) >= 11 is 0. The van der Waals surface area contributed by atoms with Crippen LogP contribution in [0.1, 0.15) is 25.8 Å². The van der Waals surface area contributed by atoms with Crippen LogP contribution in [-0.4, -0.2) is 30.4 Å². The van der Waals surface area contributed by atoms with Gasteiger partial charge in [-0.05, 0) is 19.4 Å². The summed E-state index contributed by atoms with van der Waals surface area (Å²) in [6.07, 6.45) is 0.904. The Bertz CT molecular complexity index is 490. The van der Waals surface area contributed by atoms with Crippen LogP contribution in [0.4, 0.5) is 0 Å². The molecule has 1 atom stereocenters. The van der Waals surface area contributed by atoms with E-state index in [9.17, 15) is 9.90 Å². The van der Waals surface area contributed by atoms with Gasteiger partial charge in [0.2, 0.25) is 12.7 Å². The van der Waals surface area contributed by atoms with Gasteiger partial charge in [0.15, 0.2) is 11.5 Å². The number of amides is 1. The van der Waals surface area contributed by atoms with Gasteiger partial charge in [0.05, 0.1) is 6.04 Å². The van der Waals surface area contributed by atoms with Crippen LogP contribution in [0.2, 0.25) is 0 Å². The summed E-state index contributed by atoms with van der Waals surface area (Å²) in [5.41, 5.74) is 0.671. The lowest BCUT2D eigenvalue weighted by atomic mass is 10.1. The van der Waals surface area contributed by atoms with Crippen LogP contribution in [0.3, 0.4) is 0 Å². The Labute approximate surface area is 118 Å². The van der Waals surface area contributed by atoms with Crippen molar-refractivity contribution in [3.8, 4) is 17.2 Å². The van der Waals surface area contributed by atoms with Gasteiger partial charge in [0.1, 0.15) is 5.75 Å². The average Bonchev–Trinajstić information content (AvgIpc) is 2.88. The Morgan fingerprint density at radius 2 is 2.10 bits per heavy atom. The maximum Gasteiger partial charge on any atom is 0.236 e. The van der Waals surface area contributed by atoms with Gasteiger partial charge in [-0.1, -0.05) is 6.92 Å². The first-order valence-electron chi connectivity index (χ1n) is 6.74. The van der Waals surface area contributed by atoms with E-state index in [-0.39, 0.29) is 24.5 Å². The van der Waals surface area contributed by atoms with Crippen molar-refractivity contribution < 1.29 is 19.4 Å². The fourth-order valence-electron chi connectivity index (χ4n) is 1.87. The van der Waals surface area contributed by atoms with E-state index in [1.807, 2.05) is 6.92 Å². The molecule has 2 rings (SSSR count). The van der Waals surface area contributed by atoms with Gasteiger partial charge in [-0.25, -0.2) is 0 Å². The highest BCUT2D eigenvalue weighted by molar-refractivity contribution is 5.81. The summed E-state index contributed by atoms with van der Waals surface area (Å²) in [5, 5.41) is 15.8. The molecule has 0 aliphatic carbocycles. The molecule has 0 spiro atoms. The Kier molecular flexibility index (Phi) is 4.68. The van der Waals surface area contributed by atoms with Crippen LogP contribution in [0.15, 0.2) is 12.1 Å². The second-order valence-electron chi connectivity index (χ2n) is 4.73. The van der Waals surface area contributed by atoms with E-state index in [0.29, 0.717) is 30.2 Å². The molecule has 0 fully saturated rings. The zero-order valence-electron chi connectivity index (χ0n) is 11.7. The zero-order chi connectivity index (χ0) is 14.5. The van der Waals surface area contributed by atoms with Gasteiger partial charge in [-0.2, -0.15) is 0 Å². The topological polar surface area (TPSA) is 79.8 Å². The summed E-state index contributed by atoms with van der Waals surface area (Å²) < 4.78 is 10.4. The summed E-state index contributed by atoms with van der Waals surface area (Å²) in [5.74, 6) is 1.23. The second kappa shape index (κ2) is 6.47. The number of hydrogen-bond donors (Lipinski definition) is 3. The molecule has 6 nitrogen and oxygen atoms in total. The number of nitrogens with one attached hydrogen (secondary N) is 2. The molecule has 0 saturated carbocycles. The molecule has 1 aromatic carbocycles. The van der Waals surface area contributed by atoms with Crippen LogP contribution in [0.5, 0.6) is 17.2 Å². The molecule has 1 unspecified atom stereocenters. The fraction of sp³-hybridized carbons (Fsp3) is 0.500. The number of rotatable bonds is 6. The van der Waals surface area contributed by atoms with Crippen LogP contribution in [0.25, 0.3) is 0 Å². The molecule has 1 heterocycles. The highest BCUT2D eigenvalue weighted by Crippen LogP contribution is 2.37. The third-order valence-electron chi connectivity index (χ3n) is 3.12. The van der Waals surface area contributed by atoms with Gasteiger partial charge < -0.3 is 25.2 Å². The Hall–Kier alpha value is -1.95. The van der Waals surface area contributed by atoms with Crippen LogP contribution >= 0.6 is 0 Å². The van der Waals surface area contributed by atoms with Crippen LogP contribution < -0.4 is 20.1 Å². The van der Waals surface area contributed by atoms with Crippen molar-refractivity contribution in [1.82, 2.24) is 10.6 Å². The number of ether oxygens (including phenoxy) is 2. The van der Waals surface area contributed by atoms with E-state index in [0.717, 1.165) is 6.42 Å². The first-order valence-corrected chi connectivity index (χ1v) is 6.74. The minimum atomic E-state index is -0.327. The summed E-state index contributed by atoms with van der Waals surface area (Å²) in [6.45, 7) is 5.00. The van der Waals surface area contributed by atoms with Crippen molar-refractivity contribution in [2.24, 2.45) is 0 Å². The van der Waals surface area contributed by atoms with Crippen molar-refractivity contribution in [2.75, 3.05) is 13.3 Å². The first kappa shape index (κ1) is 14.5. The molecule has 1 aliphatic rings. The monoisotopic (exact) mass is 280 g/mol. The number of hydrogen-bond acceptors (Lipinski definition) is 5. The van der Waals surface area contributed by atoms with Crippen molar-refractivity contribution in [2.45, 2.75) is 32.9 Å². The minimum absolute atomic E-state index is 0.0490. The molecular formula is C14H20N2O4. The third kappa shape index (κ3) is 3.33. The molecule has 20 heavy (non-hydrogen) atoms. The van der Waals surface area contributed by atoms with Gasteiger partial charge in [0, 0.05) is 24.7 Å². The Balaban J connectivity index is 1.92. The standard InChI is InChI=1S/C14H20N2O4/c1-3-4-15-14(18)9(2)16-7-10-5-12-13(6-11(10)17)20-8-19-12/h5-6,9,16-17H,3-4,7-8H2,1-2H3,(H,15,18). The molecule has 6 heteroatoms. The lowest BCUT2D eigenvalue weighted by Gasteiger charge is -2.14. The summed E-state index contributed by atoms with van der Waals surface area (Å²) in [7, 11) is 0. The number of benzene rings is 1. The lowest BCUT2D eigenvalue weighted by Crippen LogP contribution is -2.42. The van der Waals surface area contributed by atoms with Crippen molar-refractivity contribution in [3.63, 3.8) is 0 Å². The minimum Gasteiger partial charge on any atom is -0.507 e. The zero-order valence-corrected chi connectivity index (χ0v) is 11.7. The van der Waals surface area contributed by atoms with Gasteiger partial charge in [0.25, 0.3) is 0 Å². The van der Waals surface area contributed by atoms with Gasteiger partial charge >= 0.3 is 0 Å². The van der Waals surface area contributed by atoms with E-state index >= 15 is 0 Å². The van der Waals surface area contributed by atoms with Crippen molar-refractivity contribution in [3.05, 3.63) is 17.7 Å². The number of carbonyl (C=O) groups is 1. The summed E-state index contributed by atoms with van der Waals surface area (Å²) in [4.78, 5) is 11.7. The molecule has 1 aliphatic heterocycles. The molecule has 1 amide bonds. The molecule has 0 saturated heterocycles.